The fourth-order valence-electron chi connectivity index (χ4n) is 1.46. The molecule has 2 rings (SSSR count). The van der Waals surface area contributed by atoms with E-state index in [4.69, 9.17) is 5.84 Å². The first-order valence-electron chi connectivity index (χ1n) is 5.84. The van der Waals surface area contributed by atoms with Gasteiger partial charge in [0.1, 0.15) is 0 Å². The van der Waals surface area contributed by atoms with Gasteiger partial charge in [-0.3, -0.25) is 5.43 Å². The number of nitrogens with zero attached hydrogens (tertiary/aromatic N) is 4. The highest BCUT2D eigenvalue weighted by Gasteiger charge is 2.06. The lowest BCUT2D eigenvalue weighted by molar-refractivity contribution is 0.928. The van der Waals surface area contributed by atoms with E-state index in [-0.39, 0.29) is 0 Å². The number of aromatic nitrogens is 3. The third-order valence-corrected chi connectivity index (χ3v) is 3.16. The summed E-state index contributed by atoms with van der Waals surface area (Å²) in [4.78, 5) is 14.4. The van der Waals surface area contributed by atoms with Crippen molar-refractivity contribution < 1.29 is 0 Å². The van der Waals surface area contributed by atoms with Crippen molar-refractivity contribution in [3.63, 3.8) is 0 Å². The average Bonchev–Trinajstić information content (AvgIpc) is 2.91. The van der Waals surface area contributed by atoms with E-state index in [1.165, 1.54) is 5.56 Å². The summed E-state index contributed by atoms with van der Waals surface area (Å²) in [5, 5.41) is 7.37. The highest BCUT2D eigenvalue weighted by Crippen LogP contribution is 2.11. The molecule has 19 heavy (non-hydrogen) atoms. The maximum Gasteiger partial charge on any atom is 0.243 e. The molecule has 102 valence electrons. The summed E-state index contributed by atoms with van der Waals surface area (Å²) in [5.74, 6) is 6.76. The minimum Gasteiger partial charge on any atom is -0.354 e. The van der Waals surface area contributed by atoms with Crippen molar-refractivity contribution in [2.24, 2.45) is 5.84 Å². The van der Waals surface area contributed by atoms with E-state index < -0.39 is 0 Å². The molecule has 0 atom stereocenters. The Morgan fingerprint density at radius 1 is 1.26 bits per heavy atom. The fourth-order valence-corrected chi connectivity index (χ4v) is 2.17. The Balaban J connectivity index is 2.00. The van der Waals surface area contributed by atoms with Crippen molar-refractivity contribution >= 4 is 29.2 Å². The second-order valence-corrected chi connectivity index (χ2v) is 4.91. The zero-order valence-corrected chi connectivity index (χ0v) is 11.7. The number of nitrogen functional groups attached to an aromatic ring is 1. The van der Waals surface area contributed by atoms with Gasteiger partial charge in [0, 0.05) is 20.6 Å². The zero-order valence-electron chi connectivity index (χ0n) is 10.9. The standard InChI is InChI=1S/C11H17N7S/c1-18(2)11-15-9(14-10(16-11)17-12)13-5-3-8-4-6-19-7-8/h4,6-7H,3,5,12H2,1-2H3,(H2,13,14,15,16,17). The molecule has 2 aromatic heterocycles. The maximum absolute atomic E-state index is 5.35. The molecule has 0 radical (unpaired) electrons. The number of hydrogen-bond donors (Lipinski definition) is 3. The minimum absolute atomic E-state index is 0.344. The number of anilines is 3. The smallest absolute Gasteiger partial charge is 0.243 e. The molecule has 0 spiro atoms. The minimum atomic E-state index is 0.344. The van der Waals surface area contributed by atoms with Gasteiger partial charge in [0.25, 0.3) is 0 Å². The van der Waals surface area contributed by atoms with Crippen LogP contribution in [-0.4, -0.2) is 35.6 Å². The Bertz CT molecular complexity index is 512. The molecular formula is C11H17N7S. The molecule has 8 heteroatoms. The molecule has 0 bridgehead atoms. The van der Waals surface area contributed by atoms with Crippen molar-refractivity contribution in [2.75, 3.05) is 36.3 Å². The number of thiophene rings is 1. The quantitative estimate of drug-likeness (QED) is 0.535. The van der Waals surface area contributed by atoms with Gasteiger partial charge in [0.15, 0.2) is 0 Å². The van der Waals surface area contributed by atoms with Gasteiger partial charge in [0.05, 0.1) is 0 Å². The summed E-state index contributed by atoms with van der Waals surface area (Å²) >= 11 is 1.70. The molecule has 0 aliphatic carbocycles. The summed E-state index contributed by atoms with van der Waals surface area (Å²) < 4.78 is 0. The van der Waals surface area contributed by atoms with Crippen LogP contribution in [0.5, 0.6) is 0 Å². The summed E-state index contributed by atoms with van der Waals surface area (Å²) in [5.41, 5.74) is 3.74. The van der Waals surface area contributed by atoms with Crippen molar-refractivity contribution in [1.82, 2.24) is 15.0 Å². The molecule has 7 nitrogen and oxygen atoms in total. The van der Waals surface area contributed by atoms with Gasteiger partial charge in [-0.15, -0.1) is 0 Å². The second kappa shape index (κ2) is 6.30. The summed E-state index contributed by atoms with van der Waals surface area (Å²) in [6.45, 7) is 0.762. The van der Waals surface area contributed by atoms with Crippen molar-refractivity contribution in [3.8, 4) is 0 Å². The molecule has 0 unspecified atom stereocenters. The lowest BCUT2D eigenvalue weighted by Crippen LogP contribution is -2.19. The molecule has 0 amide bonds. The van der Waals surface area contributed by atoms with E-state index in [0.29, 0.717) is 17.8 Å². The van der Waals surface area contributed by atoms with Crippen LogP contribution in [0.15, 0.2) is 16.8 Å². The van der Waals surface area contributed by atoms with Crippen LogP contribution >= 0.6 is 11.3 Å². The van der Waals surface area contributed by atoms with Gasteiger partial charge in [-0.05, 0) is 28.8 Å². The molecule has 0 aromatic carbocycles. The Labute approximate surface area is 115 Å². The Morgan fingerprint density at radius 2 is 2.05 bits per heavy atom. The van der Waals surface area contributed by atoms with Crippen LogP contribution in [0.25, 0.3) is 0 Å². The van der Waals surface area contributed by atoms with Crippen molar-refractivity contribution in [1.29, 1.82) is 0 Å². The van der Waals surface area contributed by atoms with Gasteiger partial charge in [-0.2, -0.15) is 26.3 Å². The number of hydrazine groups is 1. The lowest BCUT2D eigenvalue weighted by Gasteiger charge is -2.13. The van der Waals surface area contributed by atoms with Crippen LogP contribution in [-0.2, 0) is 6.42 Å². The Hall–Kier alpha value is -1.93. The van der Waals surface area contributed by atoms with Crippen LogP contribution in [0.1, 0.15) is 5.56 Å². The summed E-state index contributed by atoms with van der Waals surface area (Å²) in [6.07, 6.45) is 0.928. The third-order valence-electron chi connectivity index (χ3n) is 2.43. The SMILES string of the molecule is CN(C)c1nc(NN)nc(NCCc2ccsc2)n1. The number of hydrogen-bond acceptors (Lipinski definition) is 8. The Morgan fingerprint density at radius 3 is 2.68 bits per heavy atom. The maximum atomic E-state index is 5.35. The van der Waals surface area contributed by atoms with E-state index in [9.17, 15) is 0 Å². The van der Waals surface area contributed by atoms with Crippen molar-refractivity contribution in [2.45, 2.75) is 6.42 Å². The van der Waals surface area contributed by atoms with Crippen molar-refractivity contribution in [3.05, 3.63) is 22.4 Å². The predicted octanol–water partition coefficient (Wildman–Crippen LogP) is 0.939. The number of nitrogens with one attached hydrogen (secondary N) is 2. The average molecular weight is 279 g/mol. The third kappa shape index (κ3) is 3.76. The van der Waals surface area contributed by atoms with E-state index in [1.54, 1.807) is 16.2 Å². The van der Waals surface area contributed by atoms with Crippen LogP contribution in [0.4, 0.5) is 17.8 Å². The molecule has 0 aliphatic heterocycles. The highest BCUT2D eigenvalue weighted by molar-refractivity contribution is 7.07. The molecule has 0 fully saturated rings. The van der Waals surface area contributed by atoms with Gasteiger partial charge in [-0.25, -0.2) is 5.84 Å². The van der Waals surface area contributed by atoms with E-state index >= 15 is 0 Å². The molecule has 0 aliphatic rings. The molecular weight excluding hydrogens is 262 g/mol. The Kier molecular flexibility index (Phi) is 4.48. The predicted molar refractivity (Wildman–Crippen MR) is 78.5 cm³/mol. The number of rotatable bonds is 6. The summed E-state index contributed by atoms with van der Waals surface area (Å²) in [6, 6.07) is 2.11. The van der Waals surface area contributed by atoms with Crippen LogP contribution in [0.3, 0.4) is 0 Å². The second-order valence-electron chi connectivity index (χ2n) is 4.13. The van der Waals surface area contributed by atoms with Gasteiger partial charge in [-0.1, -0.05) is 0 Å². The van der Waals surface area contributed by atoms with E-state index in [1.807, 2.05) is 14.1 Å². The topological polar surface area (TPSA) is 92.0 Å². The fraction of sp³-hybridized carbons (Fsp3) is 0.364. The van der Waals surface area contributed by atoms with Gasteiger partial charge >= 0.3 is 0 Å². The van der Waals surface area contributed by atoms with Crippen LogP contribution in [0, 0.1) is 0 Å². The lowest BCUT2D eigenvalue weighted by atomic mass is 10.2. The highest BCUT2D eigenvalue weighted by atomic mass is 32.1. The van der Waals surface area contributed by atoms with E-state index in [2.05, 4.69) is 42.5 Å². The van der Waals surface area contributed by atoms with Crippen LogP contribution < -0.4 is 21.5 Å². The van der Waals surface area contributed by atoms with Gasteiger partial charge < -0.3 is 10.2 Å². The zero-order chi connectivity index (χ0) is 13.7. The molecule has 0 saturated carbocycles. The molecule has 2 aromatic rings. The van der Waals surface area contributed by atoms with Gasteiger partial charge in [0.2, 0.25) is 17.8 Å². The molecule has 4 N–H and O–H groups in total. The molecule has 0 saturated heterocycles. The first kappa shape index (κ1) is 13.5. The monoisotopic (exact) mass is 279 g/mol. The normalized spacial score (nSPS) is 10.3. The summed E-state index contributed by atoms with van der Waals surface area (Å²) in [7, 11) is 3.73. The van der Waals surface area contributed by atoms with Crippen LogP contribution in [0.2, 0.25) is 0 Å². The molecule has 2 heterocycles. The number of nitrogens with two attached hydrogens (primary N) is 1. The van der Waals surface area contributed by atoms with E-state index in [0.717, 1.165) is 13.0 Å². The largest absolute Gasteiger partial charge is 0.354 e. The first-order valence-corrected chi connectivity index (χ1v) is 6.78. The first-order chi connectivity index (χ1) is 9.19.